The Morgan fingerprint density at radius 1 is 1.19 bits per heavy atom. The number of aliphatic imine (C=N–C) groups is 1. The number of ether oxygens (including phenoxy) is 2. The van der Waals surface area contributed by atoms with E-state index in [0.717, 1.165) is 57.4 Å². The summed E-state index contributed by atoms with van der Waals surface area (Å²) in [6, 6.07) is 8.58. The summed E-state index contributed by atoms with van der Waals surface area (Å²) in [5, 5.41) is 3.45. The molecule has 0 radical (unpaired) electrons. The van der Waals surface area contributed by atoms with Gasteiger partial charge < -0.3 is 19.7 Å². The summed E-state index contributed by atoms with van der Waals surface area (Å²) in [6.45, 7) is 11.3. The van der Waals surface area contributed by atoms with E-state index in [1.807, 2.05) is 6.92 Å². The van der Waals surface area contributed by atoms with Crippen LogP contribution in [0.2, 0.25) is 0 Å². The number of rotatable bonds is 9. The molecule has 5 nitrogen and oxygen atoms in total. The van der Waals surface area contributed by atoms with Crippen LogP contribution < -0.4 is 10.1 Å². The van der Waals surface area contributed by atoms with Gasteiger partial charge in [0.05, 0.1) is 13.2 Å². The first-order valence-corrected chi connectivity index (χ1v) is 10.5. The molecular formula is C22H37N3O2. The fourth-order valence-corrected chi connectivity index (χ4v) is 3.57. The Morgan fingerprint density at radius 3 is 2.48 bits per heavy atom. The minimum Gasteiger partial charge on any atom is -0.494 e. The molecule has 1 aliphatic rings. The van der Waals surface area contributed by atoms with Crippen LogP contribution in [-0.4, -0.2) is 57.4 Å². The summed E-state index contributed by atoms with van der Waals surface area (Å²) in [5.74, 6) is 1.93. The Labute approximate surface area is 165 Å². The normalized spacial score (nSPS) is 16.8. The second-order valence-corrected chi connectivity index (χ2v) is 7.30. The van der Waals surface area contributed by atoms with Gasteiger partial charge in [-0.15, -0.1) is 0 Å². The Balaban J connectivity index is 2.21. The van der Waals surface area contributed by atoms with Crippen LogP contribution in [0.15, 0.2) is 29.3 Å². The van der Waals surface area contributed by atoms with Crippen molar-refractivity contribution in [1.82, 2.24) is 10.2 Å². The molecule has 1 aliphatic heterocycles. The first-order valence-electron chi connectivity index (χ1n) is 10.5. The molecule has 0 aliphatic carbocycles. The van der Waals surface area contributed by atoms with E-state index in [2.05, 4.69) is 55.4 Å². The van der Waals surface area contributed by atoms with Gasteiger partial charge in [0.25, 0.3) is 0 Å². The van der Waals surface area contributed by atoms with Gasteiger partial charge in [0.15, 0.2) is 5.96 Å². The fraction of sp³-hybridized carbons (Fsp3) is 0.682. The Bertz CT molecular complexity index is 565. The molecule has 1 heterocycles. The van der Waals surface area contributed by atoms with Gasteiger partial charge in [-0.1, -0.05) is 25.5 Å². The van der Waals surface area contributed by atoms with E-state index in [9.17, 15) is 0 Å². The maximum absolute atomic E-state index is 5.66. The van der Waals surface area contributed by atoms with E-state index >= 15 is 0 Å². The van der Waals surface area contributed by atoms with E-state index < -0.39 is 0 Å². The third kappa shape index (κ3) is 6.13. The zero-order valence-electron chi connectivity index (χ0n) is 17.6. The molecule has 1 aromatic carbocycles. The molecule has 5 heteroatoms. The van der Waals surface area contributed by atoms with E-state index in [4.69, 9.17) is 14.5 Å². The van der Waals surface area contributed by atoms with Gasteiger partial charge in [0, 0.05) is 38.8 Å². The lowest BCUT2D eigenvalue weighted by molar-refractivity contribution is 0.0530. The predicted molar refractivity (Wildman–Crippen MR) is 113 cm³/mol. The number of hydrogen-bond acceptors (Lipinski definition) is 3. The van der Waals surface area contributed by atoms with Gasteiger partial charge >= 0.3 is 0 Å². The lowest BCUT2D eigenvalue weighted by atomic mass is 9.74. The zero-order chi connectivity index (χ0) is 19.5. The van der Waals surface area contributed by atoms with Crippen LogP contribution >= 0.6 is 0 Å². The van der Waals surface area contributed by atoms with Crippen LogP contribution in [0.4, 0.5) is 0 Å². The maximum Gasteiger partial charge on any atom is 0.193 e. The van der Waals surface area contributed by atoms with E-state index in [1.54, 1.807) is 0 Å². The first-order chi connectivity index (χ1) is 13.1. The first kappa shape index (κ1) is 21.5. The third-order valence-corrected chi connectivity index (χ3v) is 5.30. The average Bonchev–Trinajstić information content (AvgIpc) is 2.70. The number of nitrogens with zero attached hydrogens (tertiary/aromatic N) is 2. The van der Waals surface area contributed by atoms with Gasteiger partial charge in [0.1, 0.15) is 5.75 Å². The van der Waals surface area contributed by atoms with Gasteiger partial charge in [-0.3, -0.25) is 4.99 Å². The van der Waals surface area contributed by atoms with Crippen LogP contribution in [-0.2, 0) is 10.2 Å². The standard InChI is InChI=1S/C22H37N3O2/c1-5-8-15-25(4)21(23-6-2)24-18-22(13-16-26-17-14-22)19-9-11-20(12-10-19)27-7-3/h9-12H,5-8,13-18H2,1-4H3,(H,23,24). The summed E-state index contributed by atoms with van der Waals surface area (Å²) in [4.78, 5) is 7.29. The summed E-state index contributed by atoms with van der Waals surface area (Å²) in [7, 11) is 2.13. The lowest BCUT2D eigenvalue weighted by Crippen LogP contribution is -2.42. The molecule has 0 unspecified atom stereocenters. The molecular weight excluding hydrogens is 338 g/mol. The molecule has 1 fully saturated rings. The van der Waals surface area contributed by atoms with E-state index in [1.165, 1.54) is 18.4 Å². The van der Waals surface area contributed by atoms with Crippen LogP contribution in [0.1, 0.15) is 52.0 Å². The highest BCUT2D eigenvalue weighted by atomic mass is 16.5. The second-order valence-electron chi connectivity index (χ2n) is 7.30. The Hall–Kier alpha value is -1.75. The van der Waals surface area contributed by atoms with E-state index in [0.29, 0.717) is 6.61 Å². The summed E-state index contributed by atoms with van der Waals surface area (Å²) in [5.41, 5.74) is 1.37. The number of hydrogen-bond donors (Lipinski definition) is 1. The molecule has 1 N–H and O–H groups in total. The smallest absolute Gasteiger partial charge is 0.193 e. The molecule has 0 spiro atoms. The van der Waals surface area contributed by atoms with E-state index in [-0.39, 0.29) is 5.41 Å². The quantitative estimate of drug-likeness (QED) is 0.526. The SMILES string of the molecule is CCCCN(C)C(=NCC1(c2ccc(OCC)cc2)CCOCC1)NCC. The largest absolute Gasteiger partial charge is 0.494 e. The molecule has 0 saturated carbocycles. The summed E-state index contributed by atoms with van der Waals surface area (Å²) >= 11 is 0. The lowest BCUT2D eigenvalue weighted by Gasteiger charge is -2.37. The van der Waals surface area contributed by atoms with Gasteiger partial charge in [-0.2, -0.15) is 0 Å². The summed E-state index contributed by atoms with van der Waals surface area (Å²) in [6.07, 6.45) is 4.38. The monoisotopic (exact) mass is 375 g/mol. The van der Waals surface area contributed by atoms with Crippen molar-refractivity contribution in [2.45, 2.75) is 51.9 Å². The predicted octanol–water partition coefficient (Wildman–Crippen LogP) is 3.83. The number of guanidine groups is 1. The topological polar surface area (TPSA) is 46.1 Å². The van der Waals surface area contributed by atoms with Crippen molar-refractivity contribution < 1.29 is 9.47 Å². The Kier molecular flexibility index (Phi) is 8.92. The van der Waals surface area contributed by atoms with Crippen molar-refractivity contribution in [3.05, 3.63) is 29.8 Å². The van der Waals surface area contributed by atoms with Gasteiger partial charge in [-0.25, -0.2) is 0 Å². The minimum atomic E-state index is 0.0370. The van der Waals surface area contributed by atoms with Crippen molar-refractivity contribution in [2.24, 2.45) is 4.99 Å². The zero-order valence-corrected chi connectivity index (χ0v) is 17.6. The maximum atomic E-state index is 5.66. The highest BCUT2D eigenvalue weighted by molar-refractivity contribution is 5.79. The van der Waals surface area contributed by atoms with Crippen molar-refractivity contribution in [3.8, 4) is 5.75 Å². The minimum absolute atomic E-state index is 0.0370. The van der Waals surface area contributed by atoms with Crippen LogP contribution in [0.3, 0.4) is 0 Å². The highest BCUT2D eigenvalue weighted by Crippen LogP contribution is 2.36. The second kappa shape index (κ2) is 11.2. The van der Waals surface area contributed by atoms with Crippen molar-refractivity contribution >= 4 is 5.96 Å². The number of unbranched alkanes of at least 4 members (excludes halogenated alkanes) is 1. The molecule has 1 saturated heterocycles. The average molecular weight is 376 g/mol. The molecule has 152 valence electrons. The third-order valence-electron chi connectivity index (χ3n) is 5.30. The number of nitrogens with one attached hydrogen (secondary N) is 1. The van der Waals surface area contributed by atoms with Crippen molar-refractivity contribution in [3.63, 3.8) is 0 Å². The van der Waals surface area contributed by atoms with Gasteiger partial charge in [-0.05, 0) is 50.8 Å². The molecule has 0 bridgehead atoms. The molecule has 27 heavy (non-hydrogen) atoms. The molecule has 2 rings (SSSR count). The van der Waals surface area contributed by atoms with Crippen LogP contribution in [0.5, 0.6) is 5.75 Å². The van der Waals surface area contributed by atoms with Crippen molar-refractivity contribution in [2.75, 3.05) is 46.5 Å². The summed E-state index contributed by atoms with van der Waals surface area (Å²) < 4.78 is 11.3. The van der Waals surface area contributed by atoms with Crippen LogP contribution in [0, 0.1) is 0 Å². The number of benzene rings is 1. The molecule has 0 amide bonds. The van der Waals surface area contributed by atoms with Crippen molar-refractivity contribution in [1.29, 1.82) is 0 Å². The van der Waals surface area contributed by atoms with Crippen LogP contribution in [0.25, 0.3) is 0 Å². The fourth-order valence-electron chi connectivity index (χ4n) is 3.57. The molecule has 0 aromatic heterocycles. The van der Waals surface area contributed by atoms with Gasteiger partial charge in [0.2, 0.25) is 0 Å². The highest BCUT2D eigenvalue weighted by Gasteiger charge is 2.34. The Morgan fingerprint density at radius 2 is 1.89 bits per heavy atom. The molecule has 1 aromatic rings. The molecule has 0 atom stereocenters.